The summed E-state index contributed by atoms with van der Waals surface area (Å²) in [5.74, 6) is -6.24. The summed E-state index contributed by atoms with van der Waals surface area (Å²) in [6.07, 6.45) is -8.81. The zero-order valence-corrected chi connectivity index (χ0v) is 12.6. The molecule has 0 radical (unpaired) electrons. The maximum absolute atomic E-state index is 14.3. The molecule has 130 valence electrons. The van der Waals surface area contributed by atoms with Gasteiger partial charge in [0, 0.05) is 0 Å². The van der Waals surface area contributed by atoms with E-state index in [-0.39, 0.29) is 12.8 Å². The molecule has 0 heterocycles. The van der Waals surface area contributed by atoms with E-state index in [1.165, 1.54) is 6.92 Å². The number of rotatable bonds is 5. The Morgan fingerprint density at radius 1 is 1.18 bits per heavy atom. The number of halogens is 5. The molecule has 8 heteroatoms. The van der Waals surface area contributed by atoms with E-state index in [9.17, 15) is 26.7 Å². The van der Waals surface area contributed by atoms with Crippen molar-refractivity contribution in [1.29, 1.82) is 0 Å². The third-order valence-corrected chi connectivity index (χ3v) is 4.23. The Morgan fingerprint density at radius 3 is 2.09 bits per heavy atom. The highest BCUT2D eigenvalue weighted by atomic mass is 19.4. The van der Waals surface area contributed by atoms with Gasteiger partial charge >= 0.3 is 18.1 Å². The summed E-state index contributed by atoms with van der Waals surface area (Å²) in [6, 6.07) is 0. The molecule has 2 atom stereocenters. The van der Waals surface area contributed by atoms with Crippen LogP contribution < -0.4 is 0 Å². The highest BCUT2D eigenvalue weighted by Gasteiger charge is 2.67. The van der Waals surface area contributed by atoms with Gasteiger partial charge in [0.05, 0.1) is 5.92 Å². The summed E-state index contributed by atoms with van der Waals surface area (Å²) >= 11 is 0. The third kappa shape index (κ3) is 3.70. The van der Waals surface area contributed by atoms with Crippen molar-refractivity contribution in [1.82, 2.24) is 0 Å². The van der Waals surface area contributed by atoms with E-state index in [0.717, 1.165) is 0 Å². The number of ether oxygens (including phenoxy) is 1. The van der Waals surface area contributed by atoms with Crippen molar-refractivity contribution >= 4 is 5.97 Å². The topological polar surface area (TPSA) is 46.5 Å². The summed E-state index contributed by atoms with van der Waals surface area (Å²) in [7, 11) is 0. The van der Waals surface area contributed by atoms with E-state index < -0.39 is 48.5 Å². The summed E-state index contributed by atoms with van der Waals surface area (Å²) in [4.78, 5) is 11.8. The summed E-state index contributed by atoms with van der Waals surface area (Å²) in [5, 5.41) is 9.07. The van der Waals surface area contributed by atoms with E-state index in [4.69, 9.17) is 9.84 Å². The summed E-state index contributed by atoms with van der Waals surface area (Å²) < 4.78 is 71.2. The Bertz CT molecular complexity index is 388. The molecule has 22 heavy (non-hydrogen) atoms. The number of aliphatic hydroxyl groups excluding tert-OH is 1. The molecule has 0 aromatic rings. The second kappa shape index (κ2) is 6.68. The molecule has 0 saturated heterocycles. The molecule has 3 nitrogen and oxygen atoms in total. The molecule has 0 aromatic carbocycles. The minimum atomic E-state index is -5.49. The van der Waals surface area contributed by atoms with Crippen molar-refractivity contribution in [3.05, 3.63) is 0 Å². The van der Waals surface area contributed by atoms with E-state index in [2.05, 4.69) is 0 Å². The number of alkyl halides is 5. The number of hydrogen-bond acceptors (Lipinski definition) is 3. The molecule has 0 spiro atoms. The second-order valence-corrected chi connectivity index (χ2v) is 5.85. The number of esters is 1. The van der Waals surface area contributed by atoms with E-state index in [0.29, 0.717) is 12.8 Å². The molecule has 1 aliphatic carbocycles. The number of carbonyl (C=O) groups excluding carboxylic acids is 1. The van der Waals surface area contributed by atoms with Crippen molar-refractivity contribution in [3.8, 4) is 0 Å². The summed E-state index contributed by atoms with van der Waals surface area (Å²) in [6.45, 7) is 3.10. The van der Waals surface area contributed by atoms with Crippen LogP contribution in [-0.4, -0.2) is 34.9 Å². The summed E-state index contributed by atoms with van der Waals surface area (Å²) in [5.41, 5.74) is -2.60. The predicted octanol–water partition coefficient (Wildman–Crippen LogP) is 3.84. The standard InChI is InChI=1S/C14H21F5O3/c1-3-9(2)10(20)22-12(7-5-4-6-8-12)13(15,16)11(21)14(17,18)19/h9,11,21H,3-8H2,1-2H3. The molecule has 1 N–H and O–H groups in total. The van der Waals surface area contributed by atoms with Gasteiger partial charge in [0.2, 0.25) is 6.10 Å². The Balaban J connectivity index is 3.13. The highest BCUT2D eigenvalue weighted by Crippen LogP contribution is 2.48. The van der Waals surface area contributed by atoms with Crippen LogP contribution in [0.15, 0.2) is 0 Å². The van der Waals surface area contributed by atoms with Crippen LogP contribution in [-0.2, 0) is 9.53 Å². The van der Waals surface area contributed by atoms with Gasteiger partial charge in [-0.25, -0.2) is 0 Å². The lowest BCUT2D eigenvalue weighted by Gasteiger charge is -2.44. The maximum Gasteiger partial charge on any atom is 0.420 e. The number of carbonyl (C=O) groups is 1. The van der Waals surface area contributed by atoms with Crippen molar-refractivity contribution in [3.63, 3.8) is 0 Å². The van der Waals surface area contributed by atoms with Crippen LogP contribution in [0.4, 0.5) is 22.0 Å². The Kier molecular flexibility index (Phi) is 5.81. The van der Waals surface area contributed by atoms with Crippen LogP contribution >= 0.6 is 0 Å². The lowest BCUT2D eigenvalue weighted by atomic mass is 9.77. The SMILES string of the molecule is CCC(C)C(=O)OC1(C(F)(F)C(O)C(F)(F)F)CCCCC1. The van der Waals surface area contributed by atoms with Gasteiger partial charge in [-0.15, -0.1) is 0 Å². The Morgan fingerprint density at radius 2 is 1.68 bits per heavy atom. The van der Waals surface area contributed by atoms with Gasteiger partial charge in [-0.2, -0.15) is 22.0 Å². The predicted molar refractivity (Wildman–Crippen MR) is 68.4 cm³/mol. The van der Waals surface area contributed by atoms with Crippen molar-refractivity contribution < 1.29 is 36.6 Å². The van der Waals surface area contributed by atoms with Crippen LogP contribution in [0.25, 0.3) is 0 Å². The van der Waals surface area contributed by atoms with Crippen molar-refractivity contribution in [2.24, 2.45) is 5.92 Å². The zero-order chi connectivity index (χ0) is 17.2. The minimum Gasteiger partial charge on any atom is -0.452 e. The number of aliphatic hydroxyl groups is 1. The Hall–Kier alpha value is -0.920. The van der Waals surface area contributed by atoms with E-state index in [1.54, 1.807) is 6.92 Å². The van der Waals surface area contributed by atoms with Gasteiger partial charge in [0.25, 0.3) is 0 Å². The first kappa shape index (κ1) is 19.1. The molecule has 1 fully saturated rings. The van der Waals surface area contributed by atoms with Gasteiger partial charge in [0.15, 0.2) is 5.60 Å². The third-order valence-electron chi connectivity index (χ3n) is 4.23. The average Bonchev–Trinajstić information content (AvgIpc) is 2.45. The lowest BCUT2D eigenvalue weighted by molar-refractivity contribution is -0.321. The fourth-order valence-electron chi connectivity index (χ4n) is 2.54. The molecule has 0 bridgehead atoms. The Labute approximate surface area is 125 Å². The van der Waals surface area contributed by atoms with Crippen molar-refractivity contribution in [2.45, 2.75) is 76.2 Å². The van der Waals surface area contributed by atoms with Gasteiger partial charge in [0.1, 0.15) is 0 Å². The van der Waals surface area contributed by atoms with Crippen LogP contribution in [0, 0.1) is 5.92 Å². The van der Waals surface area contributed by atoms with E-state index in [1.807, 2.05) is 0 Å². The molecule has 0 aromatic heterocycles. The molecular weight excluding hydrogens is 311 g/mol. The normalized spacial score (nSPS) is 22.0. The van der Waals surface area contributed by atoms with Crippen LogP contribution in [0.3, 0.4) is 0 Å². The van der Waals surface area contributed by atoms with Crippen molar-refractivity contribution in [2.75, 3.05) is 0 Å². The second-order valence-electron chi connectivity index (χ2n) is 5.85. The molecular formula is C14H21F5O3. The minimum absolute atomic E-state index is 0.216. The van der Waals surface area contributed by atoms with Gasteiger partial charge in [-0.1, -0.05) is 20.3 Å². The fraction of sp³-hybridized carbons (Fsp3) is 0.929. The molecule has 0 aliphatic heterocycles. The monoisotopic (exact) mass is 332 g/mol. The molecule has 1 rings (SSSR count). The van der Waals surface area contributed by atoms with Gasteiger partial charge in [-0.3, -0.25) is 4.79 Å². The first-order valence-electron chi connectivity index (χ1n) is 7.33. The first-order valence-corrected chi connectivity index (χ1v) is 7.33. The van der Waals surface area contributed by atoms with Gasteiger partial charge < -0.3 is 9.84 Å². The average molecular weight is 332 g/mol. The molecule has 1 saturated carbocycles. The molecule has 2 unspecified atom stereocenters. The number of hydrogen-bond donors (Lipinski definition) is 1. The quantitative estimate of drug-likeness (QED) is 0.615. The van der Waals surface area contributed by atoms with Crippen LogP contribution in [0.2, 0.25) is 0 Å². The highest BCUT2D eigenvalue weighted by molar-refractivity contribution is 5.72. The molecule has 0 amide bonds. The largest absolute Gasteiger partial charge is 0.452 e. The van der Waals surface area contributed by atoms with Crippen LogP contribution in [0.1, 0.15) is 52.4 Å². The smallest absolute Gasteiger partial charge is 0.420 e. The van der Waals surface area contributed by atoms with Crippen LogP contribution in [0.5, 0.6) is 0 Å². The maximum atomic E-state index is 14.3. The van der Waals surface area contributed by atoms with E-state index >= 15 is 0 Å². The van der Waals surface area contributed by atoms with Gasteiger partial charge in [-0.05, 0) is 32.1 Å². The molecule has 1 aliphatic rings. The zero-order valence-electron chi connectivity index (χ0n) is 12.6. The fourth-order valence-corrected chi connectivity index (χ4v) is 2.54. The first-order chi connectivity index (χ1) is 9.98. The lowest BCUT2D eigenvalue weighted by Crippen LogP contribution is -2.62.